The van der Waals surface area contributed by atoms with E-state index in [1.165, 1.54) is 16.8 Å². The molecule has 1 aromatic heterocycles. The Bertz CT molecular complexity index is 419. The molecule has 0 aromatic carbocycles. The first-order chi connectivity index (χ1) is 6.13. The van der Waals surface area contributed by atoms with E-state index in [0.29, 0.717) is 5.57 Å². The summed E-state index contributed by atoms with van der Waals surface area (Å²) in [4.78, 5) is 22.0. The largest absolute Gasteiger partial charge is 0.268 e. The normalized spacial score (nSPS) is 9.92. The number of nitrogens with one attached hydrogen (secondary N) is 1. The quantitative estimate of drug-likeness (QED) is 0.565. The molecule has 0 unspecified atom stereocenters. The Kier molecular flexibility index (Phi) is 3.08. The van der Waals surface area contributed by atoms with Gasteiger partial charge in [-0.1, -0.05) is 6.58 Å². The van der Waals surface area contributed by atoms with E-state index in [9.17, 15) is 9.59 Å². The molecule has 0 atom stereocenters. The Morgan fingerprint density at radius 2 is 2.23 bits per heavy atom. The highest BCUT2D eigenvalue weighted by Crippen LogP contribution is 1.94. The lowest BCUT2D eigenvalue weighted by atomic mass is 10.3. The minimum absolute atomic E-state index is 0.248. The van der Waals surface area contributed by atoms with E-state index in [1.807, 2.05) is 0 Å². The summed E-state index contributed by atoms with van der Waals surface area (Å²) in [7, 11) is 0. The van der Waals surface area contributed by atoms with Crippen LogP contribution in [0.25, 0.3) is 0 Å². The van der Waals surface area contributed by atoms with Crippen LogP contribution in [0.3, 0.4) is 0 Å². The maximum atomic E-state index is 11.1. The molecule has 5 heteroatoms. The topological polar surface area (TPSA) is 54.9 Å². The van der Waals surface area contributed by atoms with E-state index in [4.69, 9.17) is 11.6 Å². The van der Waals surface area contributed by atoms with Crippen molar-refractivity contribution in [3.63, 3.8) is 0 Å². The highest BCUT2D eigenvalue weighted by Gasteiger charge is 1.97. The van der Waals surface area contributed by atoms with Crippen molar-refractivity contribution in [3.05, 3.63) is 45.0 Å². The first-order valence-electron chi connectivity index (χ1n) is 3.66. The predicted octanol–water partition coefficient (Wildman–Crippen LogP) is 0.332. The molecule has 0 aliphatic heterocycles. The summed E-state index contributed by atoms with van der Waals surface area (Å²) < 4.78 is 1.17. The zero-order chi connectivity index (χ0) is 9.84. The molecule has 4 nitrogen and oxygen atoms in total. The molecule has 0 fully saturated rings. The fourth-order valence-electron chi connectivity index (χ4n) is 0.846. The molecule has 1 aromatic rings. The van der Waals surface area contributed by atoms with Gasteiger partial charge in [-0.25, -0.2) is 4.68 Å². The number of alkyl halides is 1. The number of aromatic amines is 1. The highest BCUT2D eigenvalue weighted by atomic mass is 35.5. The number of H-pyrrole nitrogens is 1. The molecular weight excluding hydrogens is 192 g/mol. The molecule has 1 rings (SSSR count). The van der Waals surface area contributed by atoms with Gasteiger partial charge in [0.15, 0.2) is 0 Å². The second kappa shape index (κ2) is 4.09. The second-order valence-electron chi connectivity index (χ2n) is 2.62. The van der Waals surface area contributed by atoms with Crippen LogP contribution in [-0.2, 0) is 6.54 Å². The van der Waals surface area contributed by atoms with Crippen molar-refractivity contribution in [3.8, 4) is 0 Å². The van der Waals surface area contributed by atoms with Gasteiger partial charge in [0, 0.05) is 18.0 Å². The standard InChI is InChI=1S/C8H9ClN2O2/c1-6(4-9)5-11-8(13)3-2-7(12)10-11/h2-3H,1,4-5H2,(H,10,12). The zero-order valence-corrected chi connectivity index (χ0v) is 7.67. The van der Waals surface area contributed by atoms with Crippen molar-refractivity contribution in [2.24, 2.45) is 0 Å². The third-order valence-corrected chi connectivity index (χ3v) is 1.84. The lowest BCUT2D eigenvalue weighted by Crippen LogP contribution is -2.28. The molecule has 0 saturated carbocycles. The summed E-state index contributed by atoms with van der Waals surface area (Å²) in [5, 5.41) is 2.37. The van der Waals surface area contributed by atoms with Crippen LogP contribution in [-0.4, -0.2) is 15.7 Å². The Hall–Kier alpha value is -1.29. The van der Waals surface area contributed by atoms with Crippen LogP contribution in [0.1, 0.15) is 0 Å². The van der Waals surface area contributed by atoms with Crippen LogP contribution in [0.2, 0.25) is 0 Å². The van der Waals surface area contributed by atoms with E-state index >= 15 is 0 Å². The minimum Gasteiger partial charge on any atom is -0.268 e. The summed E-state index contributed by atoms with van der Waals surface area (Å²) in [6, 6.07) is 2.39. The molecule has 0 radical (unpaired) electrons. The van der Waals surface area contributed by atoms with Crippen molar-refractivity contribution in [2.45, 2.75) is 6.54 Å². The predicted molar refractivity (Wildman–Crippen MR) is 51.2 cm³/mol. The van der Waals surface area contributed by atoms with E-state index in [2.05, 4.69) is 11.7 Å². The van der Waals surface area contributed by atoms with Gasteiger partial charge in [0.2, 0.25) is 0 Å². The van der Waals surface area contributed by atoms with Crippen LogP contribution in [0.15, 0.2) is 33.9 Å². The summed E-state index contributed by atoms with van der Waals surface area (Å²) >= 11 is 5.49. The number of nitrogens with zero attached hydrogens (tertiary/aromatic N) is 1. The van der Waals surface area contributed by atoms with E-state index in [1.54, 1.807) is 0 Å². The lowest BCUT2D eigenvalue weighted by molar-refractivity contribution is 0.622. The number of halogens is 1. The number of allylic oxidation sites excluding steroid dienone is 1. The maximum Gasteiger partial charge on any atom is 0.265 e. The number of hydrogen-bond donors (Lipinski definition) is 1. The molecule has 0 bridgehead atoms. The van der Waals surface area contributed by atoms with Gasteiger partial charge in [0.1, 0.15) is 0 Å². The first kappa shape index (κ1) is 9.80. The van der Waals surface area contributed by atoms with Gasteiger partial charge in [-0.15, -0.1) is 11.6 Å². The SMILES string of the molecule is C=C(CCl)Cn1[nH]c(=O)ccc1=O. The average molecular weight is 201 g/mol. The molecule has 1 heterocycles. The first-order valence-corrected chi connectivity index (χ1v) is 4.19. The van der Waals surface area contributed by atoms with Gasteiger partial charge in [-0.3, -0.25) is 14.7 Å². The third-order valence-electron chi connectivity index (χ3n) is 1.46. The summed E-state index contributed by atoms with van der Waals surface area (Å²) in [5.74, 6) is 0.267. The van der Waals surface area contributed by atoms with Gasteiger partial charge in [0.25, 0.3) is 11.1 Å². The van der Waals surface area contributed by atoms with Crippen molar-refractivity contribution in [1.29, 1.82) is 0 Å². The van der Waals surface area contributed by atoms with E-state index < -0.39 is 0 Å². The van der Waals surface area contributed by atoms with Crippen molar-refractivity contribution in [2.75, 3.05) is 5.88 Å². The molecule has 0 aliphatic rings. The van der Waals surface area contributed by atoms with Gasteiger partial charge < -0.3 is 0 Å². The molecule has 0 aliphatic carbocycles. The molecule has 13 heavy (non-hydrogen) atoms. The molecule has 70 valence electrons. The number of hydrogen-bond acceptors (Lipinski definition) is 2. The fourth-order valence-corrected chi connectivity index (χ4v) is 0.930. The molecule has 1 N–H and O–H groups in total. The molecule has 0 spiro atoms. The van der Waals surface area contributed by atoms with Crippen LogP contribution >= 0.6 is 11.6 Å². The zero-order valence-electron chi connectivity index (χ0n) is 6.92. The van der Waals surface area contributed by atoms with Crippen LogP contribution in [0.4, 0.5) is 0 Å². The Morgan fingerprint density at radius 3 is 2.85 bits per heavy atom. The summed E-state index contributed by atoms with van der Waals surface area (Å²) in [6.45, 7) is 3.87. The van der Waals surface area contributed by atoms with Crippen LogP contribution in [0.5, 0.6) is 0 Å². The number of aromatic nitrogens is 2. The van der Waals surface area contributed by atoms with Crippen LogP contribution < -0.4 is 11.1 Å². The van der Waals surface area contributed by atoms with Gasteiger partial charge in [-0.2, -0.15) is 0 Å². The lowest BCUT2D eigenvalue weighted by Gasteiger charge is -2.04. The van der Waals surface area contributed by atoms with E-state index in [0.717, 1.165) is 0 Å². The molecule has 0 saturated heterocycles. The molecule has 0 amide bonds. The van der Waals surface area contributed by atoms with Crippen LogP contribution in [0, 0.1) is 0 Å². The Labute approximate surface area is 79.4 Å². The van der Waals surface area contributed by atoms with Crippen molar-refractivity contribution in [1.82, 2.24) is 9.78 Å². The third kappa shape index (κ3) is 2.59. The fraction of sp³-hybridized carbons (Fsp3) is 0.250. The molecular formula is C8H9ClN2O2. The average Bonchev–Trinajstić information content (AvgIpc) is 2.11. The van der Waals surface area contributed by atoms with Gasteiger partial charge in [-0.05, 0) is 5.57 Å². The highest BCUT2D eigenvalue weighted by molar-refractivity contribution is 6.19. The minimum atomic E-state index is -0.318. The maximum absolute atomic E-state index is 11.1. The second-order valence-corrected chi connectivity index (χ2v) is 2.88. The summed E-state index contributed by atoms with van der Waals surface area (Å²) in [5.41, 5.74) is 0.0819. The van der Waals surface area contributed by atoms with Gasteiger partial charge in [0.05, 0.1) is 6.54 Å². The van der Waals surface area contributed by atoms with Crippen molar-refractivity contribution < 1.29 is 0 Å². The smallest absolute Gasteiger partial charge is 0.265 e. The Balaban J connectivity index is 3.01. The van der Waals surface area contributed by atoms with Crippen molar-refractivity contribution >= 4 is 11.6 Å². The van der Waals surface area contributed by atoms with E-state index in [-0.39, 0.29) is 23.5 Å². The Morgan fingerprint density at radius 1 is 1.54 bits per heavy atom. The summed E-state index contributed by atoms with van der Waals surface area (Å²) in [6.07, 6.45) is 0. The van der Waals surface area contributed by atoms with Gasteiger partial charge >= 0.3 is 0 Å². The monoisotopic (exact) mass is 200 g/mol. The number of rotatable bonds is 3.